The van der Waals surface area contributed by atoms with Crippen LogP contribution in [-0.4, -0.2) is 19.7 Å². The Bertz CT molecular complexity index is 143. The highest BCUT2D eigenvalue weighted by Gasteiger charge is 1.98. The molecule has 3 heteroatoms. The number of hydrogen-bond acceptors (Lipinski definition) is 3. The van der Waals surface area contributed by atoms with Crippen molar-refractivity contribution in [2.75, 3.05) is 13.7 Å². The highest BCUT2D eigenvalue weighted by atomic mass is 16.5. The predicted octanol–water partition coefficient (Wildman–Crippen LogP) is 1.49. The molecule has 0 aromatic rings. The number of rotatable bonds is 4. The van der Waals surface area contributed by atoms with Gasteiger partial charge in [-0.3, -0.25) is 0 Å². The number of allylic oxidation sites excluding steroid dienone is 1. The summed E-state index contributed by atoms with van der Waals surface area (Å²) in [7, 11) is 1.54. The van der Waals surface area contributed by atoms with E-state index < -0.39 is 0 Å². The number of carbonyl (C=O) groups excluding carboxylic acids is 1. The van der Waals surface area contributed by atoms with Crippen molar-refractivity contribution in [3.8, 4) is 0 Å². The molecule has 0 saturated carbocycles. The zero-order chi connectivity index (χ0) is 8.69. The van der Waals surface area contributed by atoms with Crippen LogP contribution in [0.3, 0.4) is 0 Å². The van der Waals surface area contributed by atoms with Gasteiger partial charge in [0.25, 0.3) is 0 Å². The Morgan fingerprint density at radius 2 is 2.09 bits per heavy atom. The van der Waals surface area contributed by atoms with Crippen LogP contribution in [0.2, 0.25) is 0 Å². The lowest BCUT2D eigenvalue weighted by Gasteiger charge is -2.01. The minimum atomic E-state index is -0.341. The fourth-order valence-corrected chi connectivity index (χ4v) is 0.621. The van der Waals surface area contributed by atoms with Gasteiger partial charge in [-0.25, -0.2) is 4.79 Å². The van der Waals surface area contributed by atoms with Crippen LogP contribution in [0.15, 0.2) is 11.8 Å². The molecule has 0 aliphatic heterocycles. The van der Waals surface area contributed by atoms with Crippen molar-refractivity contribution in [3.05, 3.63) is 11.8 Å². The van der Waals surface area contributed by atoms with Crippen molar-refractivity contribution in [1.82, 2.24) is 0 Å². The summed E-state index contributed by atoms with van der Waals surface area (Å²) in [5.74, 6) is 0.301. The Morgan fingerprint density at radius 3 is 2.45 bits per heavy atom. The van der Waals surface area contributed by atoms with Crippen LogP contribution < -0.4 is 0 Å². The summed E-state index contributed by atoms with van der Waals surface area (Å²) in [5.41, 5.74) is 0. The van der Waals surface area contributed by atoms with Crippen molar-refractivity contribution in [2.24, 2.45) is 0 Å². The zero-order valence-electron chi connectivity index (χ0n) is 7.22. The van der Waals surface area contributed by atoms with Crippen molar-refractivity contribution >= 4 is 5.97 Å². The van der Waals surface area contributed by atoms with Gasteiger partial charge in [0.1, 0.15) is 5.76 Å². The molecule has 0 radical (unpaired) electrons. The lowest BCUT2D eigenvalue weighted by atomic mass is 10.3. The minimum absolute atomic E-state index is 0.341. The average Bonchev–Trinajstić information content (AvgIpc) is 2.01. The second-order valence-corrected chi connectivity index (χ2v) is 1.92. The Labute approximate surface area is 67.0 Å². The van der Waals surface area contributed by atoms with E-state index in [9.17, 15) is 4.79 Å². The molecule has 0 aliphatic rings. The fraction of sp³-hybridized carbons (Fsp3) is 0.625. The monoisotopic (exact) mass is 158 g/mol. The lowest BCUT2D eigenvalue weighted by molar-refractivity contribution is -0.137. The van der Waals surface area contributed by atoms with Crippen molar-refractivity contribution in [1.29, 1.82) is 0 Å². The summed E-state index contributed by atoms with van der Waals surface area (Å²) >= 11 is 0. The maximum absolute atomic E-state index is 10.8. The van der Waals surface area contributed by atoms with Gasteiger partial charge in [0, 0.05) is 6.42 Å². The van der Waals surface area contributed by atoms with Crippen LogP contribution in [0.1, 0.15) is 20.3 Å². The molecule has 0 fully saturated rings. The summed E-state index contributed by atoms with van der Waals surface area (Å²) in [6.07, 6.45) is 2.07. The Kier molecular flexibility index (Phi) is 5.25. The van der Waals surface area contributed by atoms with Gasteiger partial charge in [0.05, 0.1) is 19.8 Å². The van der Waals surface area contributed by atoms with Crippen LogP contribution in [0.4, 0.5) is 0 Å². The first-order valence-electron chi connectivity index (χ1n) is 3.65. The highest BCUT2D eigenvalue weighted by Crippen LogP contribution is 2.00. The molecular formula is C8H14O3. The lowest BCUT2D eigenvalue weighted by Crippen LogP contribution is -2.01. The molecule has 0 unspecified atom stereocenters. The van der Waals surface area contributed by atoms with Gasteiger partial charge < -0.3 is 9.47 Å². The summed E-state index contributed by atoms with van der Waals surface area (Å²) in [4.78, 5) is 10.8. The number of methoxy groups -OCH3 is 1. The first kappa shape index (κ1) is 10.0. The number of esters is 1. The Hall–Kier alpha value is -0.990. The van der Waals surface area contributed by atoms with Crippen LogP contribution in [0.25, 0.3) is 0 Å². The molecule has 0 amide bonds. The first-order chi connectivity index (χ1) is 5.24. The van der Waals surface area contributed by atoms with E-state index in [4.69, 9.17) is 4.74 Å². The van der Waals surface area contributed by atoms with Crippen molar-refractivity contribution in [2.45, 2.75) is 20.3 Å². The maximum atomic E-state index is 10.8. The quantitative estimate of drug-likeness (QED) is 0.353. The molecule has 0 spiro atoms. The molecule has 0 aromatic heterocycles. The van der Waals surface area contributed by atoms with Crippen LogP contribution in [0, 0.1) is 0 Å². The standard InChI is InChI=1S/C8H14O3/c1-4-7(10-3)6-8(9)11-5-2/h6H,4-5H2,1-3H3. The summed E-state index contributed by atoms with van der Waals surface area (Å²) < 4.78 is 9.56. The molecule has 0 saturated heterocycles. The van der Waals surface area contributed by atoms with Crippen LogP contribution in [0.5, 0.6) is 0 Å². The molecule has 0 aromatic carbocycles. The molecular weight excluding hydrogens is 144 g/mol. The fourth-order valence-electron chi connectivity index (χ4n) is 0.621. The number of ether oxygens (including phenoxy) is 2. The second-order valence-electron chi connectivity index (χ2n) is 1.92. The average molecular weight is 158 g/mol. The predicted molar refractivity (Wildman–Crippen MR) is 42.0 cm³/mol. The van der Waals surface area contributed by atoms with Gasteiger partial charge in [-0.1, -0.05) is 6.92 Å². The third-order valence-corrected chi connectivity index (χ3v) is 1.18. The van der Waals surface area contributed by atoms with Crippen molar-refractivity contribution in [3.63, 3.8) is 0 Å². The summed E-state index contributed by atoms with van der Waals surface area (Å²) in [6, 6.07) is 0. The van der Waals surface area contributed by atoms with Gasteiger partial charge in [-0.05, 0) is 6.92 Å². The molecule has 64 valence electrons. The molecule has 0 aliphatic carbocycles. The molecule has 0 N–H and O–H groups in total. The topological polar surface area (TPSA) is 35.5 Å². The number of hydrogen-bond donors (Lipinski definition) is 0. The minimum Gasteiger partial charge on any atom is -0.501 e. The number of carbonyl (C=O) groups is 1. The maximum Gasteiger partial charge on any atom is 0.334 e. The van der Waals surface area contributed by atoms with Gasteiger partial charge in [0.2, 0.25) is 0 Å². The van der Waals surface area contributed by atoms with Crippen LogP contribution in [-0.2, 0) is 14.3 Å². The second kappa shape index (κ2) is 5.77. The van der Waals surface area contributed by atoms with E-state index in [0.717, 1.165) is 0 Å². The Balaban J connectivity index is 3.93. The van der Waals surface area contributed by atoms with E-state index in [1.54, 1.807) is 6.92 Å². The summed E-state index contributed by atoms with van der Waals surface area (Å²) in [6.45, 7) is 4.08. The molecule has 11 heavy (non-hydrogen) atoms. The third-order valence-electron chi connectivity index (χ3n) is 1.18. The normalized spacial score (nSPS) is 11.0. The van der Waals surface area contributed by atoms with E-state index in [1.165, 1.54) is 13.2 Å². The van der Waals surface area contributed by atoms with E-state index in [0.29, 0.717) is 18.8 Å². The molecule has 0 rings (SSSR count). The summed E-state index contributed by atoms with van der Waals surface area (Å²) in [5, 5.41) is 0. The Morgan fingerprint density at radius 1 is 1.45 bits per heavy atom. The largest absolute Gasteiger partial charge is 0.501 e. The van der Waals surface area contributed by atoms with Gasteiger partial charge in [0.15, 0.2) is 0 Å². The molecule has 0 bridgehead atoms. The SMILES string of the molecule is CCOC(=O)C=C(CC)OC. The van der Waals surface area contributed by atoms with E-state index >= 15 is 0 Å². The van der Waals surface area contributed by atoms with Gasteiger partial charge in [-0.2, -0.15) is 0 Å². The van der Waals surface area contributed by atoms with E-state index in [1.807, 2.05) is 6.92 Å². The van der Waals surface area contributed by atoms with E-state index in [-0.39, 0.29) is 5.97 Å². The van der Waals surface area contributed by atoms with Gasteiger partial charge >= 0.3 is 5.97 Å². The zero-order valence-corrected chi connectivity index (χ0v) is 7.22. The smallest absolute Gasteiger partial charge is 0.334 e. The molecule has 0 atom stereocenters. The van der Waals surface area contributed by atoms with Gasteiger partial charge in [-0.15, -0.1) is 0 Å². The van der Waals surface area contributed by atoms with E-state index in [2.05, 4.69) is 4.74 Å². The molecule has 3 nitrogen and oxygen atoms in total. The van der Waals surface area contributed by atoms with Crippen molar-refractivity contribution < 1.29 is 14.3 Å². The molecule has 0 heterocycles. The first-order valence-corrected chi connectivity index (χ1v) is 3.65. The highest BCUT2D eigenvalue weighted by molar-refractivity contribution is 5.82. The third kappa shape index (κ3) is 4.42. The van der Waals surface area contributed by atoms with Crippen LogP contribution >= 0.6 is 0 Å².